The van der Waals surface area contributed by atoms with E-state index in [0.29, 0.717) is 12.8 Å². The number of rotatable bonds is 4. The van der Waals surface area contributed by atoms with Crippen molar-refractivity contribution in [3.63, 3.8) is 0 Å². The average molecular weight is 261 g/mol. The van der Waals surface area contributed by atoms with Crippen molar-refractivity contribution >= 4 is 17.5 Å². The molecule has 1 aliphatic rings. The fourth-order valence-electron chi connectivity index (χ4n) is 2.37. The first-order valence-electron chi connectivity index (χ1n) is 6.42. The highest BCUT2D eigenvalue weighted by atomic mass is 16.2. The molecule has 102 valence electrons. The van der Waals surface area contributed by atoms with E-state index in [4.69, 9.17) is 11.5 Å². The largest absolute Gasteiger partial charge is 0.370 e. The van der Waals surface area contributed by atoms with Crippen molar-refractivity contribution in [3.8, 4) is 0 Å². The van der Waals surface area contributed by atoms with E-state index in [0.717, 1.165) is 23.2 Å². The second-order valence-corrected chi connectivity index (χ2v) is 4.95. The summed E-state index contributed by atoms with van der Waals surface area (Å²) >= 11 is 0. The van der Waals surface area contributed by atoms with E-state index in [1.807, 2.05) is 18.2 Å². The van der Waals surface area contributed by atoms with Crippen LogP contribution in [-0.4, -0.2) is 18.9 Å². The molecule has 0 spiro atoms. The summed E-state index contributed by atoms with van der Waals surface area (Å²) in [5.74, 6) is -0.197. The van der Waals surface area contributed by atoms with Crippen LogP contribution < -0.4 is 16.4 Å². The number of carbonyl (C=O) groups is 2. The number of carbonyl (C=O) groups excluding carboxylic acids is 2. The van der Waals surface area contributed by atoms with Crippen LogP contribution in [0.2, 0.25) is 0 Å². The molecular formula is C14H19N3O2. The van der Waals surface area contributed by atoms with Crippen molar-refractivity contribution < 1.29 is 9.59 Å². The van der Waals surface area contributed by atoms with Gasteiger partial charge in [0.15, 0.2) is 0 Å². The lowest BCUT2D eigenvalue weighted by Crippen LogP contribution is -2.31. The monoisotopic (exact) mass is 261 g/mol. The average Bonchev–Trinajstić information content (AvgIpc) is 2.40. The molecule has 1 aliphatic heterocycles. The molecule has 0 aliphatic carbocycles. The lowest BCUT2D eigenvalue weighted by Gasteiger charge is -2.26. The minimum absolute atomic E-state index is 0.137. The molecule has 0 bridgehead atoms. The van der Waals surface area contributed by atoms with Crippen LogP contribution in [-0.2, 0) is 16.0 Å². The molecule has 1 atom stereocenters. The summed E-state index contributed by atoms with van der Waals surface area (Å²) in [6, 6.07) is 5.68. The summed E-state index contributed by atoms with van der Waals surface area (Å²) in [6.45, 7) is 0. The predicted molar refractivity (Wildman–Crippen MR) is 73.5 cm³/mol. The minimum atomic E-state index is -0.334. The number of hydrogen-bond donors (Lipinski definition) is 2. The molecule has 0 fully saturated rings. The van der Waals surface area contributed by atoms with Crippen LogP contribution in [0.25, 0.3) is 0 Å². The normalized spacial score (nSPS) is 16.1. The van der Waals surface area contributed by atoms with Gasteiger partial charge in [0.1, 0.15) is 0 Å². The first-order valence-corrected chi connectivity index (χ1v) is 6.42. The lowest BCUT2D eigenvalue weighted by molar-refractivity contribution is -0.119. The van der Waals surface area contributed by atoms with Crippen LogP contribution in [0.5, 0.6) is 0 Å². The standard InChI is InChI=1S/C14H19N3O2/c1-17-12-5-2-9(11(15)4-6-13(16)18)8-10(12)3-7-14(17)19/h2,5,8,11H,3-4,6-7,15H2,1H3,(H2,16,18). The summed E-state index contributed by atoms with van der Waals surface area (Å²) < 4.78 is 0. The molecule has 5 nitrogen and oxygen atoms in total. The molecule has 1 aromatic rings. The number of hydrogen-bond acceptors (Lipinski definition) is 3. The number of fused-ring (bicyclic) bond motifs is 1. The van der Waals surface area contributed by atoms with E-state index in [1.165, 1.54) is 0 Å². The fourth-order valence-corrected chi connectivity index (χ4v) is 2.37. The van der Waals surface area contributed by atoms with Gasteiger partial charge in [-0.1, -0.05) is 12.1 Å². The molecule has 1 unspecified atom stereocenters. The van der Waals surface area contributed by atoms with Crippen LogP contribution in [0, 0.1) is 0 Å². The first kappa shape index (κ1) is 13.5. The first-order chi connectivity index (χ1) is 8.99. The molecule has 0 radical (unpaired) electrons. The van der Waals surface area contributed by atoms with E-state index in [9.17, 15) is 9.59 Å². The highest BCUT2D eigenvalue weighted by Crippen LogP contribution is 2.29. The maximum absolute atomic E-state index is 11.6. The van der Waals surface area contributed by atoms with E-state index < -0.39 is 0 Å². The fraction of sp³-hybridized carbons (Fsp3) is 0.429. The van der Waals surface area contributed by atoms with Crippen LogP contribution >= 0.6 is 0 Å². The third kappa shape index (κ3) is 2.93. The molecular weight excluding hydrogens is 242 g/mol. The van der Waals surface area contributed by atoms with Crippen molar-refractivity contribution in [2.75, 3.05) is 11.9 Å². The predicted octanol–water partition coefficient (Wildman–Crippen LogP) is 0.861. The number of anilines is 1. The van der Waals surface area contributed by atoms with Gasteiger partial charge < -0.3 is 16.4 Å². The Balaban J connectivity index is 2.17. The van der Waals surface area contributed by atoms with Crippen molar-refractivity contribution in [1.82, 2.24) is 0 Å². The van der Waals surface area contributed by atoms with E-state index >= 15 is 0 Å². The third-order valence-corrected chi connectivity index (χ3v) is 3.58. The van der Waals surface area contributed by atoms with Gasteiger partial charge in [0, 0.05) is 31.6 Å². The van der Waals surface area contributed by atoms with Crippen molar-refractivity contribution in [3.05, 3.63) is 29.3 Å². The van der Waals surface area contributed by atoms with E-state index in [1.54, 1.807) is 11.9 Å². The zero-order valence-corrected chi connectivity index (χ0v) is 11.1. The van der Waals surface area contributed by atoms with Crippen LogP contribution in [0.1, 0.15) is 36.4 Å². The Morgan fingerprint density at radius 1 is 1.42 bits per heavy atom. The maximum Gasteiger partial charge on any atom is 0.227 e. The molecule has 19 heavy (non-hydrogen) atoms. The number of nitrogens with zero attached hydrogens (tertiary/aromatic N) is 1. The van der Waals surface area contributed by atoms with Gasteiger partial charge in [-0.2, -0.15) is 0 Å². The van der Waals surface area contributed by atoms with Gasteiger partial charge in [-0.3, -0.25) is 9.59 Å². The smallest absolute Gasteiger partial charge is 0.227 e. The molecule has 2 rings (SSSR count). The summed E-state index contributed by atoms with van der Waals surface area (Å²) in [5, 5.41) is 0. The summed E-state index contributed by atoms with van der Waals surface area (Å²) in [6.07, 6.45) is 2.11. The highest BCUT2D eigenvalue weighted by Gasteiger charge is 2.21. The molecule has 2 amide bonds. The summed E-state index contributed by atoms with van der Waals surface area (Å²) in [5.41, 5.74) is 14.2. The summed E-state index contributed by atoms with van der Waals surface area (Å²) in [4.78, 5) is 24.1. The lowest BCUT2D eigenvalue weighted by atomic mass is 9.95. The Kier molecular flexibility index (Phi) is 3.85. The van der Waals surface area contributed by atoms with E-state index in [2.05, 4.69) is 0 Å². The molecule has 0 saturated carbocycles. The van der Waals surface area contributed by atoms with Crippen molar-refractivity contribution in [2.45, 2.75) is 31.7 Å². The SMILES string of the molecule is CN1C(=O)CCc2cc(C(N)CCC(N)=O)ccc21. The zero-order valence-electron chi connectivity index (χ0n) is 11.1. The Morgan fingerprint density at radius 2 is 2.16 bits per heavy atom. The highest BCUT2D eigenvalue weighted by molar-refractivity contribution is 5.95. The molecule has 1 aromatic carbocycles. The van der Waals surface area contributed by atoms with E-state index in [-0.39, 0.29) is 24.3 Å². The van der Waals surface area contributed by atoms with Gasteiger partial charge >= 0.3 is 0 Å². The molecule has 0 saturated heterocycles. The van der Waals surface area contributed by atoms with Gasteiger partial charge in [-0.15, -0.1) is 0 Å². The van der Waals surface area contributed by atoms with Crippen molar-refractivity contribution in [2.24, 2.45) is 11.5 Å². The number of aryl methyl sites for hydroxylation is 1. The molecule has 1 heterocycles. The Bertz CT molecular complexity index is 513. The van der Waals surface area contributed by atoms with Crippen LogP contribution in [0.4, 0.5) is 5.69 Å². The number of primary amides is 1. The second-order valence-electron chi connectivity index (χ2n) is 4.95. The van der Waals surface area contributed by atoms with Crippen LogP contribution in [0.15, 0.2) is 18.2 Å². The molecule has 5 heteroatoms. The molecule has 0 aromatic heterocycles. The topological polar surface area (TPSA) is 89.4 Å². The quantitative estimate of drug-likeness (QED) is 0.842. The van der Waals surface area contributed by atoms with Gasteiger partial charge in [-0.05, 0) is 30.0 Å². The third-order valence-electron chi connectivity index (χ3n) is 3.58. The summed E-state index contributed by atoms with van der Waals surface area (Å²) in [7, 11) is 1.78. The second kappa shape index (κ2) is 5.40. The Labute approximate surface area is 112 Å². The number of benzene rings is 1. The van der Waals surface area contributed by atoms with Crippen LogP contribution in [0.3, 0.4) is 0 Å². The van der Waals surface area contributed by atoms with Gasteiger partial charge in [0.2, 0.25) is 11.8 Å². The van der Waals surface area contributed by atoms with Gasteiger partial charge in [-0.25, -0.2) is 0 Å². The molecule has 4 N–H and O–H groups in total. The van der Waals surface area contributed by atoms with Crippen molar-refractivity contribution in [1.29, 1.82) is 0 Å². The number of amides is 2. The number of nitrogens with two attached hydrogens (primary N) is 2. The maximum atomic E-state index is 11.6. The van der Waals surface area contributed by atoms with Gasteiger partial charge in [0.25, 0.3) is 0 Å². The minimum Gasteiger partial charge on any atom is -0.370 e. The Hall–Kier alpha value is -1.88. The van der Waals surface area contributed by atoms with Gasteiger partial charge in [0.05, 0.1) is 0 Å². The zero-order chi connectivity index (χ0) is 14.0. The Morgan fingerprint density at radius 3 is 2.84 bits per heavy atom.